The van der Waals surface area contributed by atoms with E-state index in [-0.39, 0.29) is 4.90 Å². The maximum atomic E-state index is 13.6. The Labute approximate surface area is 124 Å². The third-order valence-corrected chi connectivity index (χ3v) is 4.58. The first-order valence-corrected chi connectivity index (χ1v) is 7.52. The van der Waals surface area contributed by atoms with Gasteiger partial charge >= 0.3 is 0 Å². The van der Waals surface area contributed by atoms with Crippen molar-refractivity contribution in [3.63, 3.8) is 0 Å². The van der Waals surface area contributed by atoms with Gasteiger partial charge in [-0.3, -0.25) is 9.00 Å². The van der Waals surface area contributed by atoms with Crippen LogP contribution in [0.15, 0.2) is 53.4 Å². The standard InChI is InChI=1S/C15H15FN2O2S/c1-10(21(20)14-9-5-2-6-11(14)16)15(19)18-13-8-4-3-7-12(13)17/h2-10H,17H2,1H3,(H,18,19). The van der Waals surface area contributed by atoms with Gasteiger partial charge in [-0.15, -0.1) is 0 Å². The van der Waals surface area contributed by atoms with Gasteiger partial charge < -0.3 is 11.1 Å². The summed E-state index contributed by atoms with van der Waals surface area (Å²) in [6.45, 7) is 1.48. The monoisotopic (exact) mass is 306 g/mol. The van der Waals surface area contributed by atoms with Gasteiger partial charge in [0.15, 0.2) is 0 Å². The molecule has 3 N–H and O–H groups in total. The summed E-state index contributed by atoms with van der Waals surface area (Å²) in [6, 6.07) is 12.5. The van der Waals surface area contributed by atoms with Gasteiger partial charge in [-0.1, -0.05) is 24.3 Å². The average molecular weight is 306 g/mol. The van der Waals surface area contributed by atoms with Crippen LogP contribution in [0.25, 0.3) is 0 Å². The number of para-hydroxylation sites is 2. The number of nitrogen functional groups attached to an aromatic ring is 1. The number of carbonyl (C=O) groups excluding carboxylic acids is 1. The van der Waals surface area contributed by atoms with E-state index in [1.165, 1.54) is 25.1 Å². The zero-order valence-electron chi connectivity index (χ0n) is 11.4. The van der Waals surface area contributed by atoms with E-state index >= 15 is 0 Å². The summed E-state index contributed by atoms with van der Waals surface area (Å²) in [7, 11) is -1.78. The van der Waals surface area contributed by atoms with Crippen LogP contribution in [-0.2, 0) is 15.6 Å². The summed E-state index contributed by atoms with van der Waals surface area (Å²) in [5.41, 5.74) is 6.59. The SMILES string of the molecule is CC(C(=O)Nc1ccccc1N)S(=O)c1ccccc1F. The number of amides is 1. The fourth-order valence-corrected chi connectivity index (χ4v) is 2.85. The smallest absolute Gasteiger partial charge is 0.240 e. The molecule has 4 nitrogen and oxygen atoms in total. The van der Waals surface area contributed by atoms with E-state index in [0.717, 1.165) is 0 Å². The molecular formula is C15H15FN2O2S. The number of halogens is 1. The number of benzene rings is 2. The van der Waals surface area contributed by atoms with Gasteiger partial charge in [0.05, 0.1) is 27.1 Å². The first-order chi connectivity index (χ1) is 10.0. The Kier molecular flexibility index (Phi) is 4.70. The van der Waals surface area contributed by atoms with Crippen LogP contribution >= 0.6 is 0 Å². The highest BCUT2D eigenvalue weighted by Crippen LogP contribution is 2.20. The highest BCUT2D eigenvalue weighted by molar-refractivity contribution is 7.86. The molecule has 21 heavy (non-hydrogen) atoms. The molecule has 0 fully saturated rings. The van der Waals surface area contributed by atoms with Crippen molar-refractivity contribution in [2.75, 3.05) is 11.1 Å². The molecular weight excluding hydrogens is 291 g/mol. The third-order valence-electron chi connectivity index (χ3n) is 2.96. The van der Waals surface area contributed by atoms with E-state index in [4.69, 9.17) is 5.73 Å². The minimum absolute atomic E-state index is 0.0150. The second-order valence-corrected chi connectivity index (χ2v) is 6.19. The Morgan fingerprint density at radius 1 is 1.19 bits per heavy atom. The fourth-order valence-electron chi connectivity index (χ4n) is 1.74. The van der Waals surface area contributed by atoms with Crippen molar-refractivity contribution in [2.45, 2.75) is 17.1 Å². The molecule has 0 spiro atoms. The van der Waals surface area contributed by atoms with E-state index in [1.54, 1.807) is 30.3 Å². The lowest BCUT2D eigenvalue weighted by Crippen LogP contribution is -2.29. The molecule has 0 aromatic heterocycles. The maximum Gasteiger partial charge on any atom is 0.240 e. The molecule has 1 amide bonds. The summed E-state index contributed by atoms with van der Waals surface area (Å²) in [5, 5.41) is 1.70. The van der Waals surface area contributed by atoms with Gasteiger partial charge in [-0.2, -0.15) is 0 Å². The highest BCUT2D eigenvalue weighted by atomic mass is 32.2. The molecule has 0 heterocycles. The summed E-state index contributed by atoms with van der Waals surface area (Å²) >= 11 is 0. The molecule has 110 valence electrons. The van der Waals surface area contributed by atoms with Gasteiger partial charge in [0, 0.05) is 0 Å². The third kappa shape index (κ3) is 3.46. The molecule has 0 radical (unpaired) electrons. The number of anilines is 2. The summed E-state index contributed by atoms with van der Waals surface area (Å²) in [6.07, 6.45) is 0. The number of hydrogen-bond donors (Lipinski definition) is 2. The van der Waals surface area contributed by atoms with Crippen molar-refractivity contribution < 1.29 is 13.4 Å². The molecule has 0 aliphatic rings. The molecule has 6 heteroatoms. The average Bonchev–Trinajstić information content (AvgIpc) is 2.48. The van der Waals surface area contributed by atoms with Crippen LogP contribution in [-0.4, -0.2) is 15.4 Å². The predicted octanol–water partition coefficient (Wildman–Crippen LogP) is 2.54. The number of carbonyl (C=O) groups is 1. The van der Waals surface area contributed by atoms with Gasteiger partial charge in [-0.05, 0) is 31.2 Å². The zero-order valence-corrected chi connectivity index (χ0v) is 12.2. The molecule has 0 bridgehead atoms. The lowest BCUT2D eigenvalue weighted by atomic mass is 10.2. The Morgan fingerprint density at radius 3 is 2.48 bits per heavy atom. The van der Waals surface area contributed by atoms with Crippen LogP contribution in [0.2, 0.25) is 0 Å². The Hall–Kier alpha value is -2.21. The van der Waals surface area contributed by atoms with E-state index < -0.39 is 27.8 Å². The summed E-state index contributed by atoms with van der Waals surface area (Å²) < 4.78 is 25.9. The Bertz CT molecular complexity index is 691. The topological polar surface area (TPSA) is 72.2 Å². The molecule has 0 aliphatic carbocycles. The van der Waals surface area contributed by atoms with Crippen molar-refractivity contribution in [3.8, 4) is 0 Å². The van der Waals surface area contributed by atoms with Crippen LogP contribution in [0.5, 0.6) is 0 Å². The predicted molar refractivity (Wildman–Crippen MR) is 81.8 cm³/mol. The Morgan fingerprint density at radius 2 is 1.81 bits per heavy atom. The molecule has 0 aliphatic heterocycles. The van der Waals surface area contributed by atoms with E-state index in [2.05, 4.69) is 5.32 Å². The number of hydrogen-bond acceptors (Lipinski definition) is 3. The normalized spacial score (nSPS) is 13.4. The first kappa shape index (κ1) is 15.2. The van der Waals surface area contributed by atoms with Crippen molar-refractivity contribution in [3.05, 3.63) is 54.3 Å². The molecule has 2 atom stereocenters. The molecule has 2 unspecified atom stereocenters. The summed E-state index contributed by atoms with van der Waals surface area (Å²) in [4.78, 5) is 12.1. The molecule has 2 rings (SSSR count). The second kappa shape index (κ2) is 6.49. The molecule has 2 aromatic carbocycles. The van der Waals surface area contributed by atoms with Crippen LogP contribution in [0, 0.1) is 5.82 Å². The van der Waals surface area contributed by atoms with Gasteiger partial charge in [0.25, 0.3) is 0 Å². The fraction of sp³-hybridized carbons (Fsp3) is 0.133. The summed E-state index contributed by atoms with van der Waals surface area (Å²) in [5.74, 6) is -1.07. The number of rotatable bonds is 4. The molecule has 2 aromatic rings. The minimum atomic E-state index is -1.78. The van der Waals surface area contributed by atoms with E-state index in [9.17, 15) is 13.4 Å². The highest BCUT2D eigenvalue weighted by Gasteiger charge is 2.23. The van der Waals surface area contributed by atoms with Crippen molar-refractivity contribution in [1.29, 1.82) is 0 Å². The van der Waals surface area contributed by atoms with Crippen LogP contribution in [0.1, 0.15) is 6.92 Å². The maximum absolute atomic E-state index is 13.6. The zero-order chi connectivity index (χ0) is 15.4. The number of nitrogens with one attached hydrogen (secondary N) is 1. The first-order valence-electron chi connectivity index (χ1n) is 6.31. The van der Waals surface area contributed by atoms with Gasteiger partial charge in [0.1, 0.15) is 11.1 Å². The van der Waals surface area contributed by atoms with Crippen LogP contribution in [0.3, 0.4) is 0 Å². The van der Waals surface area contributed by atoms with Gasteiger partial charge in [-0.25, -0.2) is 4.39 Å². The van der Waals surface area contributed by atoms with Gasteiger partial charge in [0.2, 0.25) is 5.91 Å². The number of nitrogens with two attached hydrogens (primary N) is 1. The van der Waals surface area contributed by atoms with Crippen LogP contribution < -0.4 is 11.1 Å². The molecule has 0 saturated heterocycles. The minimum Gasteiger partial charge on any atom is -0.397 e. The van der Waals surface area contributed by atoms with Crippen molar-refractivity contribution in [1.82, 2.24) is 0 Å². The van der Waals surface area contributed by atoms with Crippen molar-refractivity contribution >= 4 is 28.1 Å². The lowest BCUT2D eigenvalue weighted by molar-refractivity contribution is -0.115. The Balaban J connectivity index is 2.15. The van der Waals surface area contributed by atoms with Crippen molar-refractivity contribution in [2.24, 2.45) is 0 Å². The quantitative estimate of drug-likeness (QED) is 0.853. The lowest BCUT2D eigenvalue weighted by Gasteiger charge is -2.13. The van der Waals surface area contributed by atoms with Crippen LogP contribution in [0.4, 0.5) is 15.8 Å². The van der Waals surface area contributed by atoms with E-state index in [1.807, 2.05) is 0 Å². The van der Waals surface area contributed by atoms with E-state index in [0.29, 0.717) is 11.4 Å². The second-order valence-electron chi connectivity index (χ2n) is 4.45. The molecule has 0 saturated carbocycles. The largest absolute Gasteiger partial charge is 0.397 e.